The molecule has 0 saturated carbocycles. The summed E-state index contributed by atoms with van der Waals surface area (Å²) in [5.74, 6) is -1.47. The number of nitrogens with zero attached hydrogens (tertiary/aromatic N) is 2. The SMILES string of the molecule is CC(=O)Nc1cc(C(=O)Nc2nnc(C)s2)ccc1F. The monoisotopic (exact) mass is 294 g/mol. The van der Waals surface area contributed by atoms with Crippen LogP contribution in [0, 0.1) is 12.7 Å². The highest BCUT2D eigenvalue weighted by molar-refractivity contribution is 7.15. The van der Waals surface area contributed by atoms with Crippen LogP contribution in [0.5, 0.6) is 0 Å². The molecule has 0 radical (unpaired) electrons. The Hall–Kier alpha value is -2.35. The number of carbonyl (C=O) groups excluding carboxylic acids is 2. The summed E-state index contributed by atoms with van der Waals surface area (Å²) in [7, 11) is 0. The maximum atomic E-state index is 13.5. The van der Waals surface area contributed by atoms with E-state index in [1.54, 1.807) is 6.92 Å². The molecule has 20 heavy (non-hydrogen) atoms. The van der Waals surface area contributed by atoms with Gasteiger partial charge in [0, 0.05) is 12.5 Å². The number of nitrogens with one attached hydrogen (secondary N) is 2. The summed E-state index contributed by atoms with van der Waals surface area (Å²) in [6.45, 7) is 3.02. The van der Waals surface area contributed by atoms with Crippen LogP contribution in [-0.4, -0.2) is 22.0 Å². The first-order chi connectivity index (χ1) is 9.45. The van der Waals surface area contributed by atoms with Crippen LogP contribution in [0.2, 0.25) is 0 Å². The molecule has 0 spiro atoms. The lowest BCUT2D eigenvalue weighted by Gasteiger charge is -2.06. The molecule has 0 aliphatic rings. The van der Waals surface area contributed by atoms with Gasteiger partial charge in [-0.2, -0.15) is 0 Å². The minimum atomic E-state index is -0.608. The van der Waals surface area contributed by atoms with Crippen molar-refractivity contribution in [3.05, 3.63) is 34.6 Å². The number of aryl methyl sites for hydroxylation is 1. The summed E-state index contributed by atoms with van der Waals surface area (Å²) in [5.41, 5.74) is 0.168. The number of hydrogen-bond donors (Lipinski definition) is 2. The quantitative estimate of drug-likeness (QED) is 0.909. The second-order valence-electron chi connectivity index (χ2n) is 3.96. The maximum absolute atomic E-state index is 13.5. The lowest BCUT2D eigenvalue weighted by Crippen LogP contribution is -2.14. The molecule has 1 heterocycles. The predicted octanol–water partition coefficient (Wildman–Crippen LogP) is 2.20. The molecular weight excluding hydrogens is 283 g/mol. The Labute approximate surface area is 118 Å². The minimum Gasteiger partial charge on any atom is -0.324 e. The van der Waals surface area contributed by atoms with Crippen LogP contribution in [-0.2, 0) is 4.79 Å². The highest BCUT2D eigenvalue weighted by Gasteiger charge is 2.12. The third-order valence-electron chi connectivity index (χ3n) is 2.29. The summed E-state index contributed by atoms with van der Waals surface area (Å²) >= 11 is 1.23. The Morgan fingerprint density at radius 1 is 1.25 bits per heavy atom. The predicted molar refractivity (Wildman–Crippen MR) is 73.3 cm³/mol. The molecule has 0 bridgehead atoms. The molecule has 2 amide bonds. The largest absolute Gasteiger partial charge is 0.324 e. The van der Waals surface area contributed by atoms with E-state index >= 15 is 0 Å². The molecular formula is C12H11FN4O2S. The lowest BCUT2D eigenvalue weighted by atomic mass is 10.2. The maximum Gasteiger partial charge on any atom is 0.257 e. The third-order valence-corrected chi connectivity index (χ3v) is 3.04. The fourth-order valence-corrected chi connectivity index (χ4v) is 2.06. The van der Waals surface area contributed by atoms with Crippen LogP contribution in [0.15, 0.2) is 18.2 Å². The van der Waals surface area contributed by atoms with Crippen LogP contribution in [0.25, 0.3) is 0 Å². The van der Waals surface area contributed by atoms with Crippen molar-refractivity contribution in [2.45, 2.75) is 13.8 Å². The second kappa shape index (κ2) is 5.74. The average Bonchev–Trinajstić information content (AvgIpc) is 2.77. The number of amides is 2. The number of halogens is 1. The smallest absolute Gasteiger partial charge is 0.257 e. The van der Waals surface area contributed by atoms with Gasteiger partial charge in [-0.05, 0) is 25.1 Å². The molecule has 1 aromatic heterocycles. The van der Waals surface area contributed by atoms with Gasteiger partial charge in [-0.15, -0.1) is 10.2 Å². The summed E-state index contributed by atoms with van der Waals surface area (Å²) in [5, 5.41) is 13.5. The molecule has 2 rings (SSSR count). The molecule has 0 unspecified atom stereocenters. The molecule has 1 aromatic carbocycles. The Morgan fingerprint density at radius 2 is 2.00 bits per heavy atom. The Balaban J connectivity index is 2.19. The number of hydrogen-bond acceptors (Lipinski definition) is 5. The zero-order chi connectivity index (χ0) is 14.7. The molecule has 2 N–H and O–H groups in total. The first kappa shape index (κ1) is 14.1. The van der Waals surface area contributed by atoms with Crippen molar-refractivity contribution in [2.24, 2.45) is 0 Å². The average molecular weight is 294 g/mol. The molecule has 0 atom stereocenters. The van der Waals surface area contributed by atoms with Gasteiger partial charge >= 0.3 is 0 Å². The first-order valence-corrected chi connectivity index (χ1v) is 6.46. The van der Waals surface area contributed by atoms with E-state index in [1.165, 1.54) is 30.4 Å². The molecule has 8 heteroatoms. The van der Waals surface area contributed by atoms with Gasteiger partial charge in [-0.3, -0.25) is 14.9 Å². The van der Waals surface area contributed by atoms with Gasteiger partial charge in [-0.1, -0.05) is 11.3 Å². The van der Waals surface area contributed by atoms with E-state index in [4.69, 9.17) is 0 Å². The molecule has 0 saturated heterocycles. The van der Waals surface area contributed by atoms with E-state index < -0.39 is 17.6 Å². The standard InChI is InChI=1S/C12H11FN4O2S/c1-6(18)14-10-5-8(3-4-9(10)13)11(19)15-12-17-16-7(2)20-12/h3-5H,1-2H3,(H,14,18)(H,15,17,19). The fourth-order valence-electron chi connectivity index (χ4n) is 1.47. The first-order valence-electron chi connectivity index (χ1n) is 5.64. The summed E-state index contributed by atoms with van der Waals surface area (Å²) < 4.78 is 13.5. The number of anilines is 2. The van der Waals surface area contributed by atoms with Crippen molar-refractivity contribution in [2.75, 3.05) is 10.6 Å². The van der Waals surface area contributed by atoms with Gasteiger partial charge in [0.1, 0.15) is 10.8 Å². The van der Waals surface area contributed by atoms with E-state index in [9.17, 15) is 14.0 Å². The molecule has 0 aliphatic heterocycles. The van der Waals surface area contributed by atoms with E-state index in [-0.39, 0.29) is 11.3 Å². The van der Waals surface area contributed by atoms with E-state index in [2.05, 4.69) is 20.8 Å². The van der Waals surface area contributed by atoms with Crippen molar-refractivity contribution in [1.29, 1.82) is 0 Å². The van der Waals surface area contributed by atoms with E-state index in [0.29, 0.717) is 5.13 Å². The van der Waals surface area contributed by atoms with Crippen LogP contribution in [0.1, 0.15) is 22.3 Å². The van der Waals surface area contributed by atoms with Crippen LogP contribution < -0.4 is 10.6 Å². The zero-order valence-corrected chi connectivity index (χ0v) is 11.5. The van der Waals surface area contributed by atoms with E-state index in [0.717, 1.165) is 11.1 Å². The van der Waals surface area contributed by atoms with E-state index in [1.807, 2.05) is 0 Å². The topological polar surface area (TPSA) is 84.0 Å². The van der Waals surface area contributed by atoms with Crippen molar-refractivity contribution < 1.29 is 14.0 Å². The summed E-state index contributed by atoms with van der Waals surface area (Å²) in [4.78, 5) is 22.9. The number of rotatable bonds is 3. The van der Waals surface area contributed by atoms with Crippen molar-refractivity contribution >= 4 is 34.0 Å². The van der Waals surface area contributed by atoms with Crippen molar-refractivity contribution in [1.82, 2.24) is 10.2 Å². The fraction of sp³-hybridized carbons (Fsp3) is 0.167. The highest BCUT2D eigenvalue weighted by atomic mass is 32.1. The van der Waals surface area contributed by atoms with Gasteiger partial charge in [0.15, 0.2) is 0 Å². The highest BCUT2D eigenvalue weighted by Crippen LogP contribution is 2.19. The lowest BCUT2D eigenvalue weighted by molar-refractivity contribution is -0.114. The molecule has 6 nitrogen and oxygen atoms in total. The van der Waals surface area contributed by atoms with Crippen molar-refractivity contribution in [3.8, 4) is 0 Å². The Bertz CT molecular complexity index is 671. The van der Waals surface area contributed by atoms with Gasteiger partial charge in [0.05, 0.1) is 5.69 Å². The number of carbonyl (C=O) groups is 2. The molecule has 0 aliphatic carbocycles. The Morgan fingerprint density at radius 3 is 2.60 bits per heavy atom. The van der Waals surface area contributed by atoms with Crippen LogP contribution in [0.3, 0.4) is 0 Å². The van der Waals surface area contributed by atoms with Crippen LogP contribution >= 0.6 is 11.3 Å². The number of benzene rings is 1. The normalized spacial score (nSPS) is 10.2. The second-order valence-corrected chi connectivity index (χ2v) is 5.14. The van der Waals surface area contributed by atoms with Gasteiger partial charge < -0.3 is 5.32 Å². The molecule has 0 fully saturated rings. The minimum absolute atomic E-state index is 0.0430. The van der Waals surface area contributed by atoms with Gasteiger partial charge in [-0.25, -0.2) is 4.39 Å². The van der Waals surface area contributed by atoms with Crippen molar-refractivity contribution in [3.63, 3.8) is 0 Å². The third kappa shape index (κ3) is 3.35. The van der Waals surface area contributed by atoms with Gasteiger partial charge in [0.25, 0.3) is 5.91 Å². The van der Waals surface area contributed by atoms with Gasteiger partial charge in [0.2, 0.25) is 11.0 Å². The molecule has 104 valence electrons. The van der Waals surface area contributed by atoms with Crippen LogP contribution in [0.4, 0.5) is 15.2 Å². The zero-order valence-electron chi connectivity index (χ0n) is 10.7. The molecule has 2 aromatic rings. The summed E-state index contributed by atoms with van der Waals surface area (Å²) in [6, 6.07) is 3.70. The Kier molecular flexibility index (Phi) is 4.04. The summed E-state index contributed by atoms with van der Waals surface area (Å²) in [6.07, 6.45) is 0. The number of aromatic nitrogens is 2.